The summed E-state index contributed by atoms with van der Waals surface area (Å²) in [5.74, 6) is 1.06. The SMILES string of the molecule is CCO[Si](CCCSSSSc1cc2ccccc2[nH]1)(OCC)OCC. The van der Waals surface area contributed by atoms with Gasteiger partial charge in [0.25, 0.3) is 0 Å². The highest BCUT2D eigenvalue weighted by Gasteiger charge is 2.39. The first-order chi connectivity index (χ1) is 12.7. The molecule has 9 heteroatoms. The topological polar surface area (TPSA) is 43.5 Å². The lowest BCUT2D eigenvalue weighted by Crippen LogP contribution is -2.46. The Morgan fingerprint density at radius 2 is 1.65 bits per heavy atom. The summed E-state index contributed by atoms with van der Waals surface area (Å²) in [7, 11) is 4.78. The van der Waals surface area contributed by atoms with Crippen molar-refractivity contribution in [3.8, 4) is 0 Å². The van der Waals surface area contributed by atoms with Crippen molar-refractivity contribution >= 4 is 60.9 Å². The Morgan fingerprint density at radius 1 is 0.962 bits per heavy atom. The molecule has 26 heavy (non-hydrogen) atoms. The van der Waals surface area contributed by atoms with Gasteiger partial charge in [-0.3, -0.25) is 0 Å². The molecular formula is C17H27NO3S4Si. The average molecular weight is 450 g/mol. The molecular weight excluding hydrogens is 423 g/mol. The van der Waals surface area contributed by atoms with E-state index in [9.17, 15) is 0 Å². The van der Waals surface area contributed by atoms with Crippen molar-refractivity contribution in [1.29, 1.82) is 0 Å². The molecule has 0 aliphatic heterocycles. The van der Waals surface area contributed by atoms with E-state index < -0.39 is 8.80 Å². The summed E-state index contributed by atoms with van der Waals surface area (Å²) in [5, 5.41) is 2.46. The molecule has 0 radical (unpaired) electrons. The molecule has 2 aromatic rings. The molecule has 1 aromatic heterocycles. The van der Waals surface area contributed by atoms with Crippen LogP contribution in [0.5, 0.6) is 0 Å². The number of hydrogen-bond acceptors (Lipinski definition) is 7. The highest BCUT2D eigenvalue weighted by atomic mass is 33.7. The van der Waals surface area contributed by atoms with Gasteiger partial charge < -0.3 is 18.3 Å². The minimum atomic E-state index is -2.48. The lowest BCUT2D eigenvalue weighted by molar-refractivity contribution is 0.0712. The van der Waals surface area contributed by atoms with Gasteiger partial charge in [-0.15, -0.1) is 0 Å². The second-order valence-corrected chi connectivity index (χ2v) is 14.1. The van der Waals surface area contributed by atoms with Crippen LogP contribution >= 0.6 is 41.2 Å². The number of aromatic nitrogens is 1. The van der Waals surface area contributed by atoms with E-state index in [0.29, 0.717) is 19.8 Å². The summed E-state index contributed by atoms with van der Waals surface area (Å²) in [6.45, 7) is 7.94. The van der Waals surface area contributed by atoms with Crippen LogP contribution in [0.4, 0.5) is 0 Å². The van der Waals surface area contributed by atoms with E-state index in [0.717, 1.165) is 18.2 Å². The molecule has 0 bridgehead atoms. The summed E-state index contributed by atoms with van der Waals surface area (Å²) in [4.78, 5) is 3.44. The number of nitrogens with one attached hydrogen (secondary N) is 1. The van der Waals surface area contributed by atoms with Crippen LogP contribution in [-0.4, -0.2) is 39.4 Å². The molecule has 0 spiro atoms. The van der Waals surface area contributed by atoms with E-state index in [2.05, 4.69) is 35.3 Å². The molecule has 0 saturated carbocycles. The second kappa shape index (κ2) is 12.7. The van der Waals surface area contributed by atoms with Crippen LogP contribution in [-0.2, 0) is 13.3 Å². The standard InChI is InChI=1S/C17H27NO3S4Si/c1-4-19-26(20-5-2,21-6-3)13-9-12-22-24-25-23-17-14-15-10-7-8-11-16(15)18-17/h7-8,10-11,14,18H,4-6,9,12-13H2,1-3H3. The van der Waals surface area contributed by atoms with E-state index >= 15 is 0 Å². The fourth-order valence-electron chi connectivity index (χ4n) is 2.54. The normalized spacial score (nSPS) is 12.1. The Kier molecular flexibility index (Phi) is 11.0. The summed E-state index contributed by atoms with van der Waals surface area (Å²) in [6.07, 6.45) is 1.04. The van der Waals surface area contributed by atoms with E-state index in [1.165, 1.54) is 15.9 Å². The van der Waals surface area contributed by atoms with E-state index in [1.54, 1.807) is 20.6 Å². The third kappa shape index (κ3) is 7.35. The van der Waals surface area contributed by atoms with Gasteiger partial charge in [-0.25, -0.2) is 0 Å². The molecule has 0 amide bonds. The number of benzene rings is 1. The van der Waals surface area contributed by atoms with Crippen molar-refractivity contribution in [2.24, 2.45) is 0 Å². The lowest BCUT2D eigenvalue weighted by Gasteiger charge is -2.28. The van der Waals surface area contributed by atoms with Gasteiger partial charge in [-0.05, 0) is 69.8 Å². The van der Waals surface area contributed by atoms with Crippen molar-refractivity contribution in [3.63, 3.8) is 0 Å². The predicted molar refractivity (Wildman–Crippen MR) is 122 cm³/mol. The highest BCUT2D eigenvalue weighted by molar-refractivity contribution is 9.26. The van der Waals surface area contributed by atoms with Gasteiger partial charge >= 0.3 is 8.80 Å². The Morgan fingerprint density at radius 3 is 2.31 bits per heavy atom. The molecule has 0 atom stereocenters. The molecule has 4 nitrogen and oxygen atoms in total. The van der Waals surface area contributed by atoms with Crippen LogP contribution in [0.25, 0.3) is 10.9 Å². The predicted octanol–water partition coefficient (Wildman–Crippen LogP) is 6.64. The van der Waals surface area contributed by atoms with E-state index in [4.69, 9.17) is 13.3 Å². The van der Waals surface area contributed by atoms with Crippen molar-refractivity contribution in [2.75, 3.05) is 25.6 Å². The molecule has 0 fully saturated rings. The van der Waals surface area contributed by atoms with Crippen LogP contribution < -0.4 is 0 Å². The van der Waals surface area contributed by atoms with Gasteiger partial charge in [0, 0.05) is 42.5 Å². The number of rotatable bonds is 14. The number of aromatic amines is 1. The maximum atomic E-state index is 5.89. The van der Waals surface area contributed by atoms with Crippen LogP contribution in [0.2, 0.25) is 6.04 Å². The zero-order chi connectivity index (χ0) is 18.7. The number of para-hydroxylation sites is 1. The number of fused-ring (bicyclic) bond motifs is 1. The van der Waals surface area contributed by atoms with Gasteiger partial charge in [-0.1, -0.05) is 29.0 Å². The molecule has 0 saturated heterocycles. The van der Waals surface area contributed by atoms with Crippen molar-refractivity contribution < 1.29 is 13.3 Å². The van der Waals surface area contributed by atoms with E-state index in [1.807, 2.05) is 41.4 Å². The van der Waals surface area contributed by atoms with Gasteiger partial charge in [-0.2, -0.15) is 0 Å². The molecule has 1 aromatic carbocycles. The van der Waals surface area contributed by atoms with Crippen molar-refractivity contribution in [3.05, 3.63) is 30.3 Å². The minimum absolute atomic E-state index is 0.644. The Labute approximate surface area is 172 Å². The first kappa shape index (κ1) is 22.5. The average Bonchev–Trinajstić information content (AvgIpc) is 3.04. The molecule has 0 aliphatic carbocycles. The minimum Gasteiger partial charge on any atom is -0.374 e. The molecule has 2 rings (SSSR count). The molecule has 0 aliphatic rings. The van der Waals surface area contributed by atoms with Crippen LogP contribution in [0.1, 0.15) is 27.2 Å². The van der Waals surface area contributed by atoms with Crippen LogP contribution in [0.15, 0.2) is 35.4 Å². The maximum Gasteiger partial charge on any atom is 0.500 e. The lowest BCUT2D eigenvalue weighted by atomic mass is 10.3. The fourth-order valence-corrected chi connectivity index (χ4v) is 11.1. The summed E-state index contributed by atoms with van der Waals surface area (Å²) in [6, 6.07) is 11.4. The highest BCUT2D eigenvalue weighted by Crippen LogP contribution is 2.47. The summed E-state index contributed by atoms with van der Waals surface area (Å²) in [5.41, 5.74) is 1.19. The Bertz CT molecular complexity index is 593. The summed E-state index contributed by atoms with van der Waals surface area (Å²) >= 11 is 0. The van der Waals surface area contributed by atoms with Gasteiger partial charge in [0.15, 0.2) is 0 Å². The third-order valence-corrected chi connectivity index (χ3v) is 12.9. The Balaban J connectivity index is 1.64. The van der Waals surface area contributed by atoms with Gasteiger partial charge in [0.05, 0.1) is 5.03 Å². The smallest absolute Gasteiger partial charge is 0.374 e. The summed E-state index contributed by atoms with van der Waals surface area (Å²) < 4.78 is 17.7. The molecule has 1 heterocycles. The van der Waals surface area contributed by atoms with Crippen LogP contribution in [0.3, 0.4) is 0 Å². The number of H-pyrrole nitrogens is 1. The van der Waals surface area contributed by atoms with Gasteiger partial charge in [0.2, 0.25) is 0 Å². The Hall–Kier alpha value is 0.257. The molecule has 0 unspecified atom stereocenters. The van der Waals surface area contributed by atoms with Crippen molar-refractivity contribution in [2.45, 2.75) is 38.3 Å². The first-order valence-corrected chi connectivity index (χ1v) is 15.8. The fraction of sp³-hybridized carbons (Fsp3) is 0.529. The zero-order valence-corrected chi connectivity index (χ0v) is 19.8. The first-order valence-electron chi connectivity index (χ1n) is 8.85. The second-order valence-electron chi connectivity index (χ2n) is 5.35. The monoisotopic (exact) mass is 449 g/mol. The quantitative estimate of drug-likeness (QED) is 0.197. The zero-order valence-electron chi connectivity index (χ0n) is 15.5. The van der Waals surface area contributed by atoms with Gasteiger partial charge in [0.1, 0.15) is 0 Å². The largest absolute Gasteiger partial charge is 0.500 e. The third-order valence-electron chi connectivity index (χ3n) is 3.51. The molecule has 146 valence electrons. The maximum absolute atomic E-state index is 5.89. The van der Waals surface area contributed by atoms with Crippen LogP contribution in [0, 0.1) is 0 Å². The number of hydrogen-bond donors (Lipinski definition) is 1. The van der Waals surface area contributed by atoms with Crippen molar-refractivity contribution in [1.82, 2.24) is 4.98 Å². The molecule has 1 N–H and O–H groups in total. The van der Waals surface area contributed by atoms with E-state index in [-0.39, 0.29) is 0 Å².